The van der Waals surface area contributed by atoms with Gasteiger partial charge < -0.3 is 0 Å². The van der Waals surface area contributed by atoms with Crippen LogP contribution in [0.25, 0.3) is 0 Å². The Morgan fingerprint density at radius 1 is 0.880 bits per heavy atom. The van der Waals surface area contributed by atoms with E-state index in [2.05, 4.69) is 16.5 Å². The maximum atomic E-state index is 4.73. The summed E-state index contributed by atoms with van der Waals surface area (Å²) in [6, 6.07) is 12.2. The zero-order chi connectivity index (χ0) is 17.7. The van der Waals surface area contributed by atoms with Crippen molar-refractivity contribution in [1.82, 2.24) is 9.97 Å². The number of hydrogen-bond donors (Lipinski definition) is 0. The van der Waals surface area contributed by atoms with Gasteiger partial charge in [0.2, 0.25) is 0 Å². The molecule has 0 saturated heterocycles. The fourth-order valence-corrected chi connectivity index (χ4v) is 2.69. The second-order valence-corrected chi connectivity index (χ2v) is 5.89. The van der Waals surface area contributed by atoms with Crippen molar-refractivity contribution in [1.29, 1.82) is 0 Å². The molecule has 2 heterocycles. The van der Waals surface area contributed by atoms with E-state index in [9.17, 15) is 0 Å². The molecule has 2 aromatic rings. The maximum Gasteiger partial charge on any atom is 0.0807 e. The first-order chi connectivity index (χ1) is 12.3. The monoisotopic (exact) mass is 334 g/mol. The number of aromatic nitrogens is 2. The topological polar surface area (TPSA) is 50.5 Å². The van der Waals surface area contributed by atoms with Crippen LogP contribution in [0, 0.1) is 0 Å². The van der Waals surface area contributed by atoms with E-state index in [1.54, 1.807) is 18.5 Å². The number of nitrogens with zero attached hydrogens (tertiary/aromatic N) is 4. The maximum absolute atomic E-state index is 4.73. The quantitative estimate of drug-likeness (QED) is 0.610. The minimum atomic E-state index is 0.246. The molecule has 0 radical (unpaired) electrons. The fourth-order valence-electron chi connectivity index (χ4n) is 2.69. The highest BCUT2D eigenvalue weighted by molar-refractivity contribution is 5.77. The Hall–Kier alpha value is -2.62. The molecule has 4 heteroatoms. The zero-order valence-electron chi connectivity index (χ0n) is 14.8. The van der Waals surface area contributed by atoms with Crippen LogP contribution in [0.5, 0.6) is 0 Å². The predicted molar refractivity (Wildman–Crippen MR) is 106 cm³/mol. The molecule has 0 amide bonds. The smallest absolute Gasteiger partial charge is 0.0807 e. The Bertz CT molecular complexity index is 607. The first kappa shape index (κ1) is 18.7. The van der Waals surface area contributed by atoms with E-state index in [4.69, 9.17) is 9.98 Å². The summed E-state index contributed by atoms with van der Waals surface area (Å²) in [7, 11) is 0. The molecule has 4 nitrogen and oxygen atoms in total. The molecule has 2 aromatic heterocycles. The summed E-state index contributed by atoms with van der Waals surface area (Å²) in [5, 5.41) is 0. The van der Waals surface area contributed by atoms with Crippen LogP contribution in [0.15, 0.2) is 71.4 Å². The van der Waals surface area contributed by atoms with Gasteiger partial charge in [-0.05, 0) is 44.0 Å². The first-order valence-electron chi connectivity index (χ1n) is 8.79. The van der Waals surface area contributed by atoms with Gasteiger partial charge in [-0.15, -0.1) is 6.58 Å². The van der Waals surface area contributed by atoms with E-state index in [0.29, 0.717) is 0 Å². The highest BCUT2D eigenvalue weighted by Crippen LogP contribution is 2.23. The van der Waals surface area contributed by atoms with Crippen molar-refractivity contribution in [2.45, 2.75) is 44.7 Å². The standard InChI is InChI=1S/C18H20N4.C3H6/c1-2-10-18(22-14-16-8-4-6-12-20-16)17(9-1)21-13-15-7-3-5-11-19-15;1-3-2/h3-8,11-14,17-18H,1-2,9-10H2;3H,1H2,2H3/t17-,18-;/m0./s1. The Labute approximate surface area is 150 Å². The lowest BCUT2D eigenvalue weighted by atomic mass is 9.91. The summed E-state index contributed by atoms with van der Waals surface area (Å²) in [6.07, 6.45) is 13.7. The lowest BCUT2D eigenvalue weighted by Gasteiger charge is -2.25. The van der Waals surface area contributed by atoms with Gasteiger partial charge in [-0.3, -0.25) is 20.0 Å². The van der Waals surface area contributed by atoms with Gasteiger partial charge in [0.1, 0.15) is 0 Å². The Morgan fingerprint density at radius 3 is 1.68 bits per heavy atom. The molecule has 0 aliphatic heterocycles. The fraction of sp³-hybridized carbons (Fsp3) is 0.333. The largest absolute Gasteiger partial charge is 0.285 e. The third kappa shape index (κ3) is 6.79. The minimum absolute atomic E-state index is 0.246. The van der Waals surface area contributed by atoms with Gasteiger partial charge in [0.15, 0.2) is 0 Å². The van der Waals surface area contributed by atoms with Gasteiger partial charge in [-0.25, -0.2) is 0 Å². The molecular weight excluding hydrogens is 308 g/mol. The summed E-state index contributed by atoms with van der Waals surface area (Å²) >= 11 is 0. The van der Waals surface area contributed by atoms with E-state index in [-0.39, 0.29) is 12.1 Å². The van der Waals surface area contributed by atoms with Gasteiger partial charge >= 0.3 is 0 Å². The van der Waals surface area contributed by atoms with Crippen LogP contribution in [0.1, 0.15) is 44.0 Å². The highest BCUT2D eigenvalue weighted by atomic mass is 14.9. The van der Waals surface area contributed by atoms with Gasteiger partial charge in [0.05, 0.1) is 23.5 Å². The molecule has 130 valence electrons. The van der Waals surface area contributed by atoms with Gasteiger partial charge in [0.25, 0.3) is 0 Å². The second-order valence-electron chi connectivity index (χ2n) is 5.89. The van der Waals surface area contributed by atoms with Crippen molar-refractivity contribution in [3.63, 3.8) is 0 Å². The zero-order valence-corrected chi connectivity index (χ0v) is 14.8. The summed E-state index contributed by atoms with van der Waals surface area (Å²) in [4.78, 5) is 18.0. The molecule has 25 heavy (non-hydrogen) atoms. The van der Waals surface area contributed by atoms with E-state index in [0.717, 1.165) is 24.2 Å². The van der Waals surface area contributed by atoms with E-state index in [1.165, 1.54) is 12.8 Å². The second kappa shape index (κ2) is 11.0. The van der Waals surface area contributed by atoms with Crippen molar-refractivity contribution < 1.29 is 0 Å². The Morgan fingerprint density at radius 2 is 1.32 bits per heavy atom. The number of allylic oxidation sites excluding steroid dienone is 1. The van der Waals surface area contributed by atoms with Crippen LogP contribution in [-0.2, 0) is 0 Å². The Balaban J connectivity index is 0.000000701. The van der Waals surface area contributed by atoms with Crippen LogP contribution in [0.3, 0.4) is 0 Å². The third-order valence-corrected chi connectivity index (χ3v) is 3.87. The van der Waals surface area contributed by atoms with E-state index >= 15 is 0 Å². The van der Waals surface area contributed by atoms with Crippen LogP contribution < -0.4 is 0 Å². The third-order valence-electron chi connectivity index (χ3n) is 3.87. The van der Waals surface area contributed by atoms with Crippen molar-refractivity contribution in [2.75, 3.05) is 0 Å². The molecule has 0 bridgehead atoms. The highest BCUT2D eigenvalue weighted by Gasteiger charge is 2.23. The number of aliphatic imine (C=N–C) groups is 2. The van der Waals surface area contributed by atoms with Gasteiger partial charge in [-0.2, -0.15) is 0 Å². The van der Waals surface area contributed by atoms with Crippen molar-refractivity contribution >= 4 is 12.4 Å². The molecule has 2 atom stereocenters. The number of rotatable bonds is 4. The lowest BCUT2D eigenvalue weighted by molar-refractivity contribution is 0.390. The predicted octanol–water partition coefficient (Wildman–Crippen LogP) is 4.52. The SMILES string of the molecule is C(=N[C@H]1CCCC[C@@H]1N=Cc1ccccn1)c1ccccn1.C=CC. The molecule has 0 aromatic carbocycles. The summed E-state index contributed by atoms with van der Waals surface area (Å²) in [6.45, 7) is 5.25. The Kier molecular flexibility index (Phi) is 8.25. The van der Waals surface area contributed by atoms with Crippen LogP contribution in [-0.4, -0.2) is 34.5 Å². The van der Waals surface area contributed by atoms with Crippen molar-refractivity contribution in [2.24, 2.45) is 9.98 Å². The average molecular weight is 334 g/mol. The van der Waals surface area contributed by atoms with Crippen molar-refractivity contribution in [3.05, 3.63) is 72.8 Å². The molecule has 0 N–H and O–H groups in total. The number of pyridine rings is 2. The molecule has 1 aliphatic rings. The van der Waals surface area contributed by atoms with Gasteiger partial charge in [-0.1, -0.05) is 31.1 Å². The van der Waals surface area contributed by atoms with Crippen LogP contribution in [0.2, 0.25) is 0 Å². The van der Waals surface area contributed by atoms with E-state index < -0.39 is 0 Å². The molecule has 3 rings (SSSR count). The molecule has 1 aliphatic carbocycles. The molecule has 1 saturated carbocycles. The lowest BCUT2D eigenvalue weighted by Crippen LogP contribution is -2.27. The minimum Gasteiger partial charge on any atom is -0.285 e. The molecule has 1 fully saturated rings. The van der Waals surface area contributed by atoms with Crippen LogP contribution in [0.4, 0.5) is 0 Å². The molecular formula is C21H26N4. The van der Waals surface area contributed by atoms with E-state index in [1.807, 2.05) is 55.8 Å². The summed E-state index contributed by atoms with van der Waals surface area (Å²) in [5.74, 6) is 0. The average Bonchev–Trinajstić information content (AvgIpc) is 2.68. The van der Waals surface area contributed by atoms with Crippen molar-refractivity contribution in [3.8, 4) is 0 Å². The summed E-state index contributed by atoms with van der Waals surface area (Å²) < 4.78 is 0. The molecule has 0 unspecified atom stereocenters. The summed E-state index contributed by atoms with van der Waals surface area (Å²) in [5.41, 5.74) is 1.81. The normalized spacial score (nSPS) is 20.2. The first-order valence-corrected chi connectivity index (χ1v) is 8.79. The van der Waals surface area contributed by atoms with Crippen LogP contribution >= 0.6 is 0 Å². The van der Waals surface area contributed by atoms with Gasteiger partial charge in [0, 0.05) is 24.8 Å². The molecule has 0 spiro atoms. The number of hydrogen-bond acceptors (Lipinski definition) is 4.